The number of carbonyl (C=O) groups is 2. The van der Waals surface area contributed by atoms with Crippen LogP contribution in [0.25, 0.3) is 0 Å². The zero-order valence-corrected chi connectivity index (χ0v) is 26.1. The van der Waals surface area contributed by atoms with Gasteiger partial charge >= 0.3 is 11.9 Å². The largest absolute Gasteiger partial charge is 0.508 e. The minimum atomic E-state index is -1.24. The Morgan fingerprint density at radius 2 is 0.837 bits per heavy atom. The fraction of sp³-hybridized carbons (Fsp3) is 0.0500. The number of aromatic hydroxyl groups is 2. The average Bonchev–Trinajstić information content (AvgIpc) is 3.56. The highest BCUT2D eigenvalue weighted by molar-refractivity contribution is 7.99. The van der Waals surface area contributed by atoms with Gasteiger partial charge in [-0.3, -0.25) is 0 Å². The second-order valence-electron chi connectivity index (χ2n) is 12.2. The molecule has 8 nitrogen and oxygen atoms in total. The van der Waals surface area contributed by atoms with E-state index in [1.807, 2.05) is 60.7 Å². The zero-order valence-electron chi connectivity index (χ0n) is 25.3. The van der Waals surface area contributed by atoms with Crippen molar-refractivity contribution in [1.29, 1.82) is 0 Å². The first kappa shape index (κ1) is 27.9. The molecule has 0 amide bonds. The number of benzene rings is 6. The molecular weight excluding hydrogens is 640 g/mol. The van der Waals surface area contributed by atoms with Gasteiger partial charge in [-0.1, -0.05) is 48.2 Å². The SMILES string of the molecule is O=C1OC2(c3ccc(O)cc3Oc3cc(Sc4ccc5c(c4)Oc4cc(O)ccc4C54OC(=O)c5ccccc54)ccc32)c2ccccc21. The number of phenolic OH excluding ortho intramolecular Hbond substituents is 2. The van der Waals surface area contributed by atoms with Crippen molar-refractivity contribution >= 4 is 23.7 Å². The van der Waals surface area contributed by atoms with E-state index in [1.165, 1.54) is 23.9 Å². The van der Waals surface area contributed by atoms with Crippen LogP contribution in [0.2, 0.25) is 0 Å². The highest BCUT2D eigenvalue weighted by Crippen LogP contribution is 2.59. The number of rotatable bonds is 2. The lowest BCUT2D eigenvalue weighted by Gasteiger charge is -2.37. The number of phenols is 2. The molecule has 0 aromatic heterocycles. The number of hydrogen-bond donors (Lipinski definition) is 2. The molecule has 0 saturated heterocycles. The Labute approximate surface area is 283 Å². The Balaban J connectivity index is 1.07. The highest BCUT2D eigenvalue weighted by Gasteiger charge is 2.55. The van der Waals surface area contributed by atoms with Gasteiger partial charge in [0, 0.05) is 55.3 Å². The molecule has 0 saturated carbocycles. The molecule has 6 aromatic carbocycles. The molecule has 0 aliphatic carbocycles. The Kier molecular flexibility index (Phi) is 5.51. The Bertz CT molecular complexity index is 2300. The summed E-state index contributed by atoms with van der Waals surface area (Å²) >= 11 is 1.46. The van der Waals surface area contributed by atoms with Crippen LogP contribution in [0.4, 0.5) is 0 Å². The Morgan fingerprint density at radius 3 is 1.29 bits per heavy atom. The number of hydrogen-bond acceptors (Lipinski definition) is 9. The minimum Gasteiger partial charge on any atom is -0.508 e. The van der Waals surface area contributed by atoms with E-state index in [1.54, 1.807) is 48.5 Å². The van der Waals surface area contributed by atoms with Crippen molar-refractivity contribution in [2.75, 3.05) is 0 Å². The molecule has 4 aliphatic rings. The van der Waals surface area contributed by atoms with Crippen LogP contribution < -0.4 is 9.47 Å². The van der Waals surface area contributed by atoms with Crippen molar-refractivity contribution in [2.24, 2.45) is 0 Å². The molecule has 4 heterocycles. The molecular formula is C40H22O8S. The molecule has 2 spiro atoms. The third kappa shape index (κ3) is 3.70. The molecule has 49 heavy (non-hydrogen) atoms. The van der Waals surface area contributed by atoms with E-state index in [0.29, 0.717) is 67.5 Å². The number of esters is 2. The van der Waals surface area contributed by atoms with Crippen LogP contribution in [-0.4, -0.2) is 22.2 Å². The standard InChI is InChI=1S/C40H22O8S/c41-21-9-13-29-33(17-21)45-35-19-23(11-15-31(35)39(29)27-7-3-1-5-25(27)37(43)47-39)49-24-12-16-32-36(20-24)46-34-18-22(42)10-14-30(34)40(32)28-8-4-2-6-26(28)38(44)48-40/h1-20,41-42H. The van der Waals surface area contributed by atoms with Crippen LogP contribution in [0.3, 0.4) is 0 Å². The van der Waals surface area contributed by atoms with Gasteiger partial charge in [-0.25, -0.2) is 9.59 Å². The van der Waals surface area contributed by atoms with Crippen LogP contribution in [-0.2, 0) is 20.7 Å². The normalized spacial score (nSPS) is 20.2. The van der Waals surface area contributed by atoms with Gasteiger partial charge in [-0.15, -0.1) is 0 Å². The molecule has 2 N–H and O–H groups in total. The number of fused-ring (bicyclic) bond motifs is 12. The summed E-state index contributed by atoms with van der Waals surface area (Å²) in [5.41, 5.74) is 2.47. The zero-order chi connectivity index (χ0) is 33.1. The monoisotopic (exact) mass is 662 g/mol. The molecule has 0 fully saturated rings. The Hall–Kier alpha value is -6.19. The molecule has 9 heteroatoms. The predicted octanol–water partition coefficient (Wildman–Crippen LogP) is 8.39. The third-order valence-electron chi connectivity index (χ3n) is 9.57. The van der Waals surface area contributed by atoms with Gasteiger partial charge in [0.05, 0.1) is 11.1 Å². The Morgan fingerprint density at radius 1 is 0.449 bits per heavy atom. The summed E-state index contributed by atoms with van der Waals surface area (Å²) in [6.45, 7) is 0. The summed E-state index contributed by atoms with van der Waals surface area (Å²) in [6.07, 6.45) is 0. The average molecular weight is 663 g/mol. The highest BCUT2D eigenvalue weighted by atomic mass is 32.2. The lowest BCUT2D eigenvalue weighted by Crippen LogP contribution is -2.33. The van der Waals surface area contributed by atoms with Gasteiger partial charge in [0.25, 0.3) is 0 Å². The number of ether oxygens (including phenoxy) is 4. The first-order valence-corrected chi connectivity index (χ1v) is 16.3. The van der Waals surface area contributed by atoms with E-state index in [0.717, 1.165) is 9.79 Å². The maximum absolute atomic E-state index is 13.2. The topological polar surface area (TPSA) is 112 Å². The van der Waals surface area contributed by atoms with Crippen LogP contribution in [0.5, 0.6) is 34.5 Å². The second kappa shape index (κ2) is 9.68. The fourth-order valence-corrected chi connectivity index (χ4v) is 8.43. The van der Waals surface area contributed by atoms with Gasteiger partial charge in [0.1, 0.15) is 34.5 Å². The van der Waals surface area contributed by atoms with Crippen molar-refractivity contribution in [3.05, 3.63) is 166 Å². The minimum absolute atomic E-state index is 0.0257. The smallest absolute Gasteiger partial charge is 0.340 e. The summed E-state index contributed by atoms with van der Waals surface area (Å²) in [5.74, 6) is 0.936. The maximum atomic E-state index is 13.2. The molecule has 0 bridgehead atoms. The molecule has 4 aliphatic heterocycles. The first-order chi connectivity index (χ1) is 23.8. The van der Waals surface area contributed by atoms with Crippen molar-refractivity contribution in [1.82, 2.24) is 0 Å². The van der Waals surface area contributed by atoms with Crippen molar-refractivity contribution in [3.63, 3.8) is 0 Å². The maximum Gasteiger partial charge on any atom is 0.340 e. The molecule has 2 unspecified atom stereocenters. The summed E-state index contributed by atoms with van der Waals surface area (Å²) < 4.78 is 25.1. The lowest BCUT2D eigenvalue weighted by atomic mass is 9.78. The molecule has 6 aromatic rings. The van der Waals surface area contributed by atoms with Gasteiger partial charge in [-0.2, -0.15) is 0 Å². The fourth-order valence-electron chi connectivity index (χ4n) is 7.55. The van der Waals surface area contributed by atoms with Crippen LogP contribution in [0.15, 0.2) is 131 Å². The van der Waals surface area contributed by atoms with Crippen molar-refractivity contribution in [3.8, 4) is 34.5 Å². The van der Waals surface area contributed by atoms with Gasteiger partial charge in [0.2, 0.25) is 0 Å². The number of carbonyl (C=O) groups excluding carboxylic acids is 2. The summed E-state index contributed by atoms with van der Waals surface area (Å²) in [5, 5.41) is 20.7. The van der Waals surface area contributed by atoms with E-state index in [4.69, 9.17) is 18.9 Å². The lowest BCUT2D eigenvalue weighted by molar-refractivity contribution is 0.0214. The van der Waals surface area contributed by atoms with Gasteiger partial charge < -0.3 is 29.2 Å². The quantitative estimate of drug-likeness (QED) is 0.177. The van der Waals surface area contributed by atoms with E-state index in [2.05, 4.69) is 0 Å². The summed E-state index contributed by atoms with van der Waals surface area (Å²) in [4.78, 5) is 28.0. The van der Waals surface area contributed by atoms with E-state index >= 15 is 0 Å². The van der Waals surface area contributed by atoms with Crippen molar-refractivity contribution in [2.45, 2.75) is 21.0 Å². The first-order valence-electron chi connectivity index (χ1n) is 15.5. The van der Waals surface area contributed by atoms with E-state index < -0.39 is 23.1 Å². The molecule has 236 valence electrons. The molecule has 2 atom stereocenters. The summed E-state index contributed by atoms with van der Waals surface area (Å²) in [7, 11) is 0. The predicted molar refractivity (Wildman–Crippen MR) is 177 cm³/mol. The van der Waals surface area contributed by atoms with Gasteiger partial charge in [0.15, 0.2) is 11.2 Å². The molecule has 10 rings (SSSR count). The van der Waals surface area contributed by atoms with Crippen LogP contribution in [0.1, 0.15) is 54.1 Å². The van der Waals surface area contributed by atoms with Crippen LogP contribution >= 0.6 is 11.8 Å². The van der Waals surface area contributed by atoms with Crippen LogP contribution in [0, 0.1) is 0 Å². The van der Waals surface area contributed by atoms with Crippen molar-refractivity contribution < 1.29 is 38.7 Å². The summed E-state index contributed by atoms with van der Waals surface area (Å²) in [6, 6.07) is 35.7. The van der Waals surface area contributed by atoms with Gasteiger partial charge in [-0.05, 0) is 72.8 Å². The molecule has 0 radical (unpaired) electrons. The van der Waals surface area contributed by atoms with E-state index in [9.17, 15) is 19.8 Å². The van der Waals surface area contributed by atoms with E-state index in [-0.39, 0.29) is 11.5 Å². The third-order valence-corrected chi connectivity index (χ3v) is 10.6. The second-order valence-corrected chi connectivity index (χ2v) is 13.4.